The fourth-order valence-corrected chi connectivity index (χ4v) is 4.88. The first-order chi connectivity index (χ1) is 8.70. The Labute approximate surface area is 111 Å². The molecule has 0 aromatic rings. The molecule has 1 aliphatic carbocycles. The highest BCUT2D eigenvalue weighted by Crippen LogP contribution is 2.52. The summed E-state index contributed by atoms with van der Waals surface area (Å²) in [5.74, 6) is 0.480. The number of fused-ring (bicyclic) bond motifs is 2. The molecule has 3 nitrogen and oxygen atoms in total. The molecule has 1 saturated carbocycles. The molecule has 2 saturated heterocycles. The van der Waals surface area contributed by atoms with E-state index >= 15 is 0 Å². The summed E-state index contributed by atoms with van der Waals surface area (Å²) in [5.41, 5.74) is 5.73. The summed E-state index contributed by atoms with van der Waals surface area (Å²) in [6.45, 7) is 4.06. The lowest BCUT2D eigenvalue weighted by Crippen LogP contribution is -2.60. The van der Waals surface area contributed by atoms with Gasteiger partial charge in [0.05, 0.1) is 5.60 Å². The number of nitrogens with zero attached hydrogens (tertiary/aromatic N) is 1. The molecule has 3 N–H and O–H groups in total. The molecule has 3 atom stereocenters. The van der Waals surface area contributed by atoms with E-state index in [4.69, 9.17) is 5.73 Å². The van der Waals surface area contributed by atoms with Crippen LogP contribution in [0.25, 0.3) is 0 Å². The minimum atomic E-state index is -0.473. The van der Waals surface area contributed by atoms with Gasteiger partial charge in [-0.15, -0.1) is 0 Å². The lowest BCUT2D eigenvalue weighted by Gasteiger charge is -2.52. The topological polar surface area (TPSA) is 49.5 Å². The monoisotopic (exact) mass is 252 g/mol. The smallest absolute Gasteiger partial charge is 0.0768 e. The summed E-state index contributed by atoms with van der Waals surface area (Å²) in [6.07, 6.45) is 9.61. The molecule has 0 aromatic carbocycles. The zero-order chi connectivity index (χ0) is 12.6. The van der Waals surface area contributed by atoms with Crippen LogP contribution in [0.3, 0.4) is 0 Å². The largest absolute Gasteiger partial charge is 0.389 e. The third kappa shape index (κ3) is 1.83. The highest BCUT2D eigenvalue weighted by molar-refractivity contribution is 5.08. The number of piperidine rings is 1. The van der Waals surface area contributed by atoms with Crippen molar-refractivity contribution in [3.05, 3.63) is 0 Å². The van der Waals surface area contributed by atoms with Gasteiger partial charge in [0, 0.05) is 31.0 Å². The maximum atomic E-state index is 11.5. The first kappa shape index (κ1) is 12.9. The molecular weight excluding hydrogens is 224 g/mol. The second-order valence-electron chi connectivity index (χ2n) is 6.86. The normalized spacial score (nSPS) is 43.7. The maximum absolute atomic E-state index is 11.5. The molecule has 0 aromatic heterocycles. The zero-order valence-electron chi connectivity index (χ0n) is 11.5. The summed E-state index contributed by atoms with van der Waals surface area (Å²) in [4.78, 5) is 2.51. The van der Waals surface area contributed by atoms with Crippen molar-refractivity contribution in [1.29, 1.82) is 0 Å². The van der Waals surface area contributed by atoms with Crippen LogP contribution in [0.15, 0.2) is 0 Å². The van der Waals surface area contributed by atoms with E-state index in [1.54, 1.807) is 0 Å². The number of rotatable bonds is 2. The van der Waals surface area contributed by atoms with Gasteiger partial charge in [-0.25, -0.2) is 0 Å². The van der Waals surface area contributed by atoms with Crippen LogP contribution in [0, 0.1) is 11.3 Å². The van der Waals surface area contributed by atoms with Gasteiger partial charge in [-0.3, -0.25) is 0 Å². The van der Waals surface area contributed by atoms with Gasteiger partial charge in [-0.05, 0) is 32.2 Å². The average Bonchev–Trinajstić information content (AvgIpc) is 2.64. The van der Waals surface area contributed by atoms with Crippen LogP contribution in [0.4, 0.5) is 0 Å². The van der Waals surface area contributed by atoms with Crippen molar-refractivity contribution in [3.8, 4) is 0 Å². The lowest BCUT2D eigenvalue weighted by molar-refractivity contribution is -0.146. The summed E-state index contributed by atoms with van der Waals surface area (Å²) < 4.78 is 0. The first-order valence-corrected chi connectivity index (χ1v) is 7.85. The van der Waals surface area contributed by atoms with E-state index in [0.717, 1.165) is 32.4 Å². The molecule has 3 heteroatoms. The van der Waals surface area contributed by atoms with Gasteiger partial charge in [0.25, 0.3) is 0 Å². The fourth-order valence-electron chi connectivity index (χ4n) is 4.88. The molecule has 2 aliphatic heterocycles. The van der Waals surface area contributed by atoms with Crippen LogP contribution in [0.2, 0.25) is 0 Å². The number of aliphatic hydroxyl groups is 1. The quantitative estimate of drug-likeness (QED) is 0.736. The summed E-state index contributed by atoms with van der Waals surface area (Å²) in [7, 11) is 0. The minimum absolute atomic E-state index is 0.0184. The third-order valence-corrected chi connectivity index (χ3v) is 6.13. The van der Waals surface area contributed by atoms with Gasteiger partial charge in [0.15, 0.2) is 0 Å². The van der Waals surface area contributed by atoms with Gasteiger partial charge in [0.2, 0.25) is 0 Å². The maximum Gasteiger partial charge on any atom is 0.0768 e. The Hall–Kier alpha value is -0.120. The Morgan fingerprint density at radius 2 is 1.78 bits per heavy atom. The van der Waals surface area contributed by atoms with Gasteiger partial charge < -0.3 is 15.7 Å². The molecular formula is C15H28N2O. The van der Waals surface area contributed by atoms with Gasteiger partial charge in [-0.2, -0.15) is 0 Å². The van der Waals surface area contributed by atoms with E-state index in [1.165, 1.54) is 38.6 Å². The van der Waals surface area contributed by atoms with Crippen LogP contribution in [-0.2, 0) is 0 Å². The van der Waals surface area contributed by atoms with Crippen LogP contribution in [-0.4, -0.2) is 41.8 Å². The highest BCUT2D eigenvalue weighted by atomic mass is 16.3. The van der Waals surface area contributed by atoms with Crippen molar-refractivity contribution in [1.82, 2.24) is 4.90 Å². The number of hydrogen-bond donors (Lipinski definition) is 2. The summed E-state index contributed by atoms with van der Waals surface area (Å²) in [6, 6.07) is 0. The van der Waals surface area contributed by atoms with Crippen LogP contribution in [0.1, 0.15) is 51.4 Å². The predicted molar refractivity (Wildman–Crippen MR) is 73.3 cm³/mol. The molecule has 3 unspecified atom stereocenters. The van der Waals surface area contributed by atoms with Crippen molar-refractivity contribution in [3.63, 3.8) is 0 Å². The molecule has 104 valence electrons. The number of hydrogen-bond acceptors (Lipinski definition) is 3. The SMILES string of the molecule is NCC1(C2(O)CCN3CCC2C3)CCCCCC1. The Morgan fingerprint density at radius 1 is 1.06 bits per heavy atom. The third-order valence-electron chi connectivity index (χ3n) is 6.13. The minimum Gasteiger partial charge on any atom is -0.389 e. The van der Waals surface area contributed by atoms with Crippen molar-refractivity contribution in [2.75, 3.05) is 26.2 Å². The van der Waals surface area contributed by atoms with Crippen molar-refractivity contribution in [2.45, 2.75) is 57.0 Å². The predicted octanol–water partition coefficient (Wildman–Crippen LogP) is 1.74. The Kier molecular flexibility index (Phi) is 3.41. The van der Waals surface area contributed by atoms with Crippen molar-refractivity contribution < 1.29 is 5.11 Å². The van der Waals surface area contributed by atoms with E-state index in [2.05, 4.69) is 4.90 Å². The molecule has 3 aliphatic rings. The molecule has 2 heterocycles. The molecule has 18 heavy (non-hydrogen) atoms. The lowest BCUT2D eigenvalue weighted by atomic mass is 9.59. The highest BCUT2D eigenvalue weighted by Gasteiger charge is 2.56. The molecule has 3 rings (SSSR count). The fraction of sp³-hybridized carbons (Fsp3) is 1.00. The molecule has 3 fully saturated rings. The number of nitrogens with two attached hydrogens (primary N) is 1. The van der Waals surface area contributed by atoms with Gasteiger partial charge in [0.1, 0.15) is 0 Å². The van der Waals surface area contributed by atoms with E-state index in [1.807, 2.05) is 0 Å². The molecule has 0 spiro atoms. The zero-order valence-corrected chi connectivity index (χ0v) is 11.5. The van der Waals surface area contributed by atoms with Crippen LogP contribution in [0.5, 0.6) is 0 Å². The van der Waals surface area contributed by atoms with Crippen LogP contribution < -0.4 is 5.73 Å². The standard InChI is InChI=1S/C15H28N2O/c16-12-14(6-3-1-2-4-7-14)15(18)8-10-17-9-5-13(15)11-17/h13,18H,1-12,16H2. The van der Waals surface area contributed by atoms with Crippen molar-refractivity contribution >= 4 is 0 Å². The van der Waals surface area contributed by atoms with Crippen LogP contribution >= 0.6 is 0 Å². The summed E-state index contributed by atoms with van der Waals surface area (Å²) >= 11 is 0. The van der Waals surface area contributed by atoms with E-state index < -0.39 is 5.60 Å². The second-order valence-corrected chi connectivity index (χ2v) is 6.86. The van der Waals surface area contributed by atoms with E-state index in [-0.39, 0.29) is 5.41 Å². The Balaban J connectivity index is 1.88. The second kappa shape index (κ2) is 4.77. The van der Waals surface area contributed by atoms with E-state index in [0.29, 0.717) is 12.5 Å². The molecule has 0 radical (unpaired) electrons. The Morgan fingerprint density at radius 3 is 2.44 bits per heavy atom. The summed E-state index contributed by atoms with van der Waals surface area (Å²) in [5, 5.41) is 11.5. The Bertz CT molecular complexity index is 296. The van der Waals surface area contributed by atoms with E-state index in [9.17, 15) is 5.11 Å². The first-order valence-electron chi connectivity index (χ1n) is 7.85. The van der Waals surface area contributed by atoms with Gasteiger partial charge in [-0.1, -0.05) is 25.7 Å². The van der Waals surface area contributed by atoms with Crippen molar-refractivity contribution in [2.24, 2.45) is 17.1 Å². The van der Waals surface area contributed by atoms with Gasteiger partial charge >= 0.3 is 0 Å². The average molecular weight is 252 g/mol. The molecule has 0 amide bonds. The molecule has 2 bridgehead atoms.